The summed E-state index contributed by atoms with van der Waals surface area (Å²) in [4.78, 5) is 52.5. The van der Waals surface area contributed by atoms with E-state index in [0.717, 1.165) is 12.0 Å². The quantitative estimate of drug-likeness (QED) is 0.188. The standard InChI is InChI=1S/C28H34N3O7PS/c1-2-38-39(37,17-11-4-3-10-16-30-25(34)21-14-8-9-15-22(21)26(30)35)29-23-19-40-28(20-12-6-5-7-13-20)31(27(23)36)18-24(32)33/h5-9,12-15,23,28H,2-4,10-11,16-19H2,1H3,(H,29,37)(H,32,33). The van der Waals surface area contributed by atoms with Crippen molar-refractivity contribution in [2.24, 2.45) is 0 Å². The summed E-state index contributed by atoms with van der Waals surface area (Å²) in [5.74, 6) is -1.76. The molecule has 2 aliphatic rings. The summed E-state index contributed by atoms with van der Waals surface area (Å²) in [7, 11) is -3.38. The molecule has 10 nitrogen and oxygen atoms in total. The van der Waals surface area contributed by atoms with E-state index in [-0.39, 0.29) is 24.6 Å². The molecule has 214 valence electrons. The van der Waals surface area contributed by atoms with E-state index in [1.807, 2.05) is 30.3 Å². The monoisotopic (exact) mass is 587 g/mol. The Bertz CT molecular complexity index is 1260. The van der Waals surface area contributed by atoms with Crippen molar-refractivity contribution in [3.63, 3.8) is 0 Å². The Kier molecular flexibility index (Phi) is 10.2. The zero-order valence-electron chi connectivity index (χ0n) is 22.4. The number of unbranched alkanes of at least 4 members (excludes halogenated alkanes) is 3. The topological polar surface area (TPSA) is 133 Å². The maximum Gasteiger partial charge on any atom is 0.323 e. The number of nitrogens with zero attached hydrogens (tertiary/aromatic N) is 2. The average Bonchev–Trinajstić information content (AvgIpc) is 3.18. The van der Waals surface area contributed by atoms with Crippen molar-refractivity contribution in [2.75, 3.05) is 31.6 Å². The number of carboxylic acids is 1. The summed E-state index contributed by atoms with van der Waals surface area (Å²) in [5, 5.41) is 11.9. The molecule has 2 aliphatic heterocycles. The number of imide groups is 1. The molecule has 1 fully saturated rings. The van der Waals surface area contributed by atoms with Crippen LogP contribution in [-0.2, 0) is 18.7 Å². The summed E-state index contributed by atoms with van der Waals surface area (Å²) in [5.41, 5.74) is 1.70. The summed E-state index contributed by atoms with van der Waals surface area (Å²) in [6.07, 6.45) is 2.83. The Morgan fingerprint density at radius 1 is 1.00 bits per heavy atom. The van der Waals surface area contributed by atoms with Gasteiger partial charge in [-0.25, -0.2) is 5.09 Å². The summed E-state index contributed by atoms with van der Waals surface area (Å²) < 4.78 is 19.2. The number of nitrogens with one attached hydrogen (secondary N) is 1. The fourth-order valence-electron chi connectivity index (χ4n) is 4.96. The number of benzene rings is 2. The first-order valence-corrected chi connectivity index (χ1v) is 16.3. The SMILES string of the molecule is CCOP(=O)(CCCCCCN1C(=O)c2ccccc2C1=O)NC1CSC(c2ccccc2)N(CC(=O)O)C1=O. The van der Waals surface area contributed by atoms with Gasteiger partial charge in [0.2, 0.25) is 5.91 Å². The van der Waals surface area contributed by atoms with Gasteiger partial charge in [-0.05, 0) is 37.5 Å². The molecule has 2 heterocycles. The normalized spacial score (nSPS) is 20.5. The van der Waals surface area contributed by atoms with Crippen LogP contribution in [0, 0.1) is 0 Å². The highest BCUT2D eigenvalue weighted by atomic mass is 32.2. The van der Waals surface area contributed by atoms with E-state index in [1.54, 1.807) is 31.2 Å². The molecule has 0 saturated carbocycles. The first-order valence-electron chi connectivity index (χ1n) is 13.4. The van der Waals surface area contributed by atoms with E-state index in [2.05, 4.69) is 5.09 Å². The molecule has 0 bridgehead atoms. The Balaban J connectivity index is 1.28. The molecule has 4 rings (SSSR count). The first kappa shape index (κ1) is 30.0. The summed E-state index contributed by atoms with van der Waals surface area (Å²) >= 11 is 1.42. The van der Waals surface area contributed by atoms with E-state index in [9.17, 15) is 28.8 Å². The molecule has 12 heteroatoms. The minimum absolute atomic E-state index is 0.198. The number of amides is 3. The van der Waals surface area contributed by atoms with Gasteiger partial charge in [-0.2, -0.15) is 0 Å². The molecule has 3 unspecified atom stereocenters. The van der Waals surface area contributed by atoms with Gasteiger partial charge in [0.15, 0.2) is 0 Å². The minimum atomic E-state index is -3.38. The van der Waals surface area contributed by atoms with Crippen LogP contribution >= 0.6 is 19.3 Å². The van der Waals surface area contributed by atoms with E-state index < -0.39 is 37.4 Å². The van der Waals surface area contributed by atoms with E-state index in [1.165, 1.54) is 21.6 Å². The molecule has 2 aromatic rings. The third kappa shape index (κ3) is 7.01. The maximum atomic E-state index is 13.6. The maximum absolute atomic E-state index is 13.6. The van der Waals surface area contributed by atoms with Gasteiger partial charge in [0, 0.05) is 18.5 Å². The lowest BCUT2D eigenvalue weighted by Gasteiger charge is -2.39. The van der Waals surface area contributed by atoms with Crippen molar-refractivity contribution in [2.45, 2.75) is 44.0 Å². The highest BCUT2D eigenvalue weighted by Gasteiger charge is 2.41. The average molecular weight is 588 g/mol. The summed E-state index contributed by atoms with van der Waals surface area (Å²) in [6.45, 7) is 1.79. The molecule has 2 aromatic carbocycles. The van der Waals surface area contributed by atoms with Crippen molar-refractivity contribution >= 4 is 43.0 Å². The van der Waals surface area contributed by atoms with E-state index in [4.69, 9.17) is 4.52 Å². The lowest BCUT2D eigenvalue weighted by Crippen LogP contribution is -2.53. The van der Waals surface area contributed by atoms with Gasteiger partial charge >= 0.3 is 5.97 Å². The van der Waals surface area contributed by atoms with Crippen LogP contribution in [0.5, 0.6) is 0 Å². The first-order chi connectivity index (χ1) is 19.2. The molecule has 0 radical (unpaired) electrons. The largest absolute Gasteiger partial charge is 0.480 e. The second kappa shape index (κ2) is 13.6. The Morgan fingerprint density at radius 2 is 1.62 bits per heavy atom. The number of fused-ring (bicyclic) bond motifs is 1. The molecule has 0 spiro atoms. The number of thioether (sulfide) groups is 1. The van der Waals surface area contributed by atoms with Crippen molar-refractivity contribution in [1.29, 1.82) is 0 Å². The number of aliphatic carboxylic acids is 1. The smallest absolute Gasteiger partial charge is 0.323 e. The van der Waals surface area contributed by atoms with Crippen LogP contribution in [0.15, 0.2) is 54.6 Å². The van der Waals surface area contributed by atoms with Crippen LogP contribution in [0.3, 0.4) is 0 Å². The number of carboxylic acid groups (broad SMARTS) is 1. The van der Waals surface area contributed by atoms with Crippen LogP contribution < -0.4 is 5.09 Å². The highest BCUT2D eigenvalue weighted by molar-refractivity contribution is 7.99. The Morgan fingerprint density at radius 3 is 2.25 bits per heavy atom. The van der Waals surface area contributed by atoms with Gasteiger partial charge in [0.25, 0.3) is 19.3 Å². The zero-order chi connectivity index (χ0) is 28.7. The van der Waals surface area contributed by atoms with Crippen LogP contribution in [-0.4, -0.2) is 76.3 Å². The molecular formula is C28H34N3O7PS. The number of hydrogen-bond donors (Lipinski definition) is 2. The number of hydrogen-bond acceptors (Lipinski definition) is 7. The second-order valence-electron chi connectivity index (χ2n) is 9.67. The van der Waals surface area contributed by atoms with Crippen molar-refractivity contribution in [3.8, 4) is 0 Å². The van der Waals surface area contributed by atoms with Crippen LogP contribution in [0.1, 0.15) is 64.3 Å². The molecule has 0 aromatic heterocycles. The van der Waals surface area contributed by atoms with E-state index in [0.29, 0.717) is 42.7 Å². The fraction of sp³-hybridized carbons (Fsp3) is 0.429. The second-order valence-corrected chi connectivity index (χ2v) is 13.1. The predicted molar refractivity (Wildman–Crippen MR) is 152 cm³/mol. The van der Waals surface area contributed by atoms with Crippen LogP contribution in [0.4, 0.5) is 0 Å². The predicted octanol–water partition coefficient (Wildman–Crippen LogP) is 4.39. The number of carbonyl (C=O) groups excluding carboxylic acids is 3. The minimum Gasteiger partial charge on any atom is -0.480 e. The van der Waals surface area contributed by atoms with Gasteiger partial charge in [-0.1, -0.05) is 55.3 Å². The number of carbonyl (C=O) groups is 4. The highest BCUT2D eigenvalue weighted by Crippen LogP contribution is 2.46. The molecular weight excluding hydrogens is 553 g/mol. The fourth-order valence-corrected chi connectivity index (χ4v) is 8.45. The van der Waals surface area contributed by atoms with Crippen LogP contribution in [0.25, 0.3) is 0 Å². The molecule has 2 N–H and O–H groups in total. The lowest BCUT2D eigenvalue weighted by atomic mass is 10.1. The van der Waals surface area contributed by atoms with Crippen molar-refractivity contribution in [3.05, 3.63) is 71.3 Å². The molecule has 40 heavy (non-hydrogen) atoms. The molecule has 0 aliphatic carbocycles. The third-order valence-corrected chi connectivity index (χ3v) is 10.5. The van der Waals surface area contributed by atoms with Crippen molar-refractivity contribution in [1.82, 2.24) is 14.9 Å². The summed E-state index contributed by atoms with van der Waals surface area (Å²) in [6, 6.07) is 15.2. The lowest BCUT2D eigenvalue weighted by molar-refractivity contribution is -0.145. The van der Waals surface area contributed by atoms with Gasteiger partial charge in [0.1, 0.15) is 18.0 Å². The molecule has 1 saturated heterocycles. The molecule has 3 atom stereocenters. The Labute approximate surface area is 237 Å². The van der Waals surface area contributed by atoms with Gasteiger partial charge in [-0.3, -0.25) is 28.6 Å². The van der Waals surface area contributed by atoms with Gasteiger partial charge in [-0.15, -0.1) is 11.8 Å². The van der Waals surface area contributed by atoms with Crippen LogP contribution in [0.2, 0.25) is 0 Å². The third-order valence-electron chi connectivity index (χ3n) is 6.83. The Hall–Kier alpha value is -2.98. The van der Waals surface area contributed by atoms with Gasteiger partial charge in [0.05, 0.1) is 17.7 Å². The number of rotatable bonds is 14. The van der Waals surface area contributed by atoms with E-state index >= 15 is 0 Å². The molecule has 3 amide bonds. The van der Waals surface area contributed by atoms with Gasteiger partial charge < -0.3 is 14.5 Å². The zero-order valence-corrected chi connectivity index (χ0v) is 24.1. The van der Waals surface area contributed by atoms with Crippen molar-refractivity contribution < 1.29 is 33.4 Å².